The molecule has 4 atom stereocenters. The molecule has 164 valence electrons. The second-order valence-electron chi connectivity index (χ2n) is 9.08. The van der Waals surface area contributed by atoms with Gasteiger partial charge in [-0.3, -0.25) is 9.59 Å². The number of carbonyl (C=O) groups excluding carboxylic acids is 2. The Morgan fingerprint density at radius 1 is 0.968 bits per heavy atom. The van der Waals surface area contributed by atoms with Crippen molar-refractivity contribution in [1.29, 1.82) is 0 Å². The first-order chi connectivity index (χ1) is 15.0. The summed E-state index contributed by atoms with van der Waals surface area (Å²) in [6.07, 6.45) is 3.85. The highest BCUT2D eigenvalue weighted by atomic mass is 19.1. The van der Waals surface area contributed by atoms with Crippen molar-refractivity contribution < 1.29 is 14.0 Å². The van der Waals surface area contributed by atoms with E-state index in [4.69, 9.17) is 0 Å². The SMILES string of the molecule is CC1CCCC(N2CC(=O)N(CCc3ccccc3)C(c3ccc(F)cc3)C2=O)C1C. The van der Waals surface area contributed by atoms with Crippen LogP contribution in [0.1, 0.15) is 50.3 Å². The lowest BCUT2D eigenvalue weighted by molar-refractivity contribution is -0.160. The van der Waals surface area contributed by atoms with Crippen LogP contribution in [0.25, 0.3) is 0 Å². The van der Waals surface area contributed by atoms with Crippen LogP contribution in [0.4, 0.5) is 4.39 Å². The van der Waals surface area contributed by atoms with Crippen molar-refractivity contribution in [3.63, 3.8) is 0 Å². The lowest BCUT2D eigenvalue weighted by atomic mass is 9.77. The number of nitrogens with zero attached hydrogens (tertiary/aromatic N) is 2. The quantitative estimate of drug-likeness (QED) is 0.706. The van der Waals surface area contributed by atoms with Crippen LogP contribution >= 0.6 is 0 Å². The van der Waals surface area contributed by atoms with Gasteiger partial charge in [-0.25, -0.2) is 4.39 Å². The van der Waals surface area contributed by atoms with Gasteiger partial charge in [0.15, 0.2) is 0 Å². The first kappa shape index (κ1) is 21.5. The monoisotopic (exact) mass is 422 g/mol. The molecule has 0 spiro atoms. The van der Waals surface area contributed by atoms with Crippen molar-refractivity contribution >= 4 is 11.8 Å². The minimum absolute atomic E-state index is 0.0321. The number of amides is 2. The highest BCUT2D eigenvalue weighted by molar-refractivity contribution is 5.95. The summed E-state index contributed by atoms with van der Waals surface area (Å²) in [5.74, 6) is 0.471. The average molecular weight is 423 g/mol. The fraction of sp³-hybridized carbons (Fsp3) is 0.462. The van der Waals surface area contributed by atoms with Crippen LogP contribution in [0.2, 0.25) is 0 Å². The fourth-order valence-corrected chi connectivity index (χ4v) is 5.14. The van der Waals surface area contributed by atoms with Crippen molar-refractivity contribution in [2.75, 3.05) is 13.1 Å². The van der Waals surface area contributed by atoms with E-state index in [-0.39, 0.29) is 30.2 Å². The summed E-state index contributed by atoms with van der Waals surface area (Å²) in [7, 11) is 0. The van der Waals surface area contributed by atoms with Gasteiger partial charge in [0.05, 0.1) is 0 Å². The van der Waals surface area contributed by atoms with Gasteiger partial charge in [-0.2, -0.15) is 0 Å². The maximum absolute atomic E-state index is 13.8. The third-order valence-electron chi connectivity index (χ3n) is 7.19. The standard InChI is InChI=1S/C26H31FN2O2/c1-18-7-6-10-23(19(18)2)29-17-24(30)28(16-15-20-8-4-3-5-9-20)25(26(29)31)21-11-13-22(27)14-12-21/h3-5,8-9,11-14,18-19,23,25H,6-7,10,15-17H2,1-2H3. The van der Waals surface area contributed by atoms with E-state index < -0.39 is 6.04 Å². The molecule has 2 fully saturated rings. The number of piperazine rings is 1. The van der Waals surface area contributed by atoms with Crippen molar-refractivity contribution in [2.45, 2.75) is 51.6 Å². The van der Waals surface area contributed by atoms with Crippen LogP contribution in [-0.4, -0.2) is 40.7 Å². The van der Waals surface area contributed by atoms with Crippen molar-refractivity contribution in [1.82, 2.24) is 9.80 Å². The van der Waals surface area contributed by atoms with Crippen molar-refractivity contribution in [2.24, 2.45) is 11.8 Å². The molecule has 4 unspecified atom stereocenters. The summed E-state index contributed by atoms with van der Waals surface area (Å²) in [6, 6.07) is 15.4. The topological polar surface area (TPSA) is 40.6 Å². The van der Waals surface area contributed by atoms with Gasteiger partial charge in [0.1, 0.15) is 18.4 Å². The molecule has 5 heteroatoms. The summed E-state index contributed by atoms with van der Waals surface area (Å²) in [4.78, 5) is 30.6. The molecular formula is C26H31FN2O2. The lowest BCUT2D eigenvalue weighted by Gasteiger charge is -2.47. The Morgan fingerprint density at radius 3 is 2.39 bits per heavy atom. The van der Waals surface area contributed by atoms with Crippen LogP contribution in [-0.2, 0) is 16.0 Å². The van der Waals surface area contributed by atoms with Crippen LogP contribution in [0.15, 0.2) is 54.6 Å². The Bertz CT molecular complexity index is 915. The van der Waals surface area contributed by atoms with E-state index in [9.17, 15) is 14.0 Å². The maximum Gasteiger partial charge on any atom is 0.250 e. The third kappa shape index (κ3) is 4.51. The summed E-state index contributed by atoms with van der Waals surface area (Å²) >= 11 is 0. The maximum atomic E-state index is 13.8. The molecular weight excluding hydrogens is 391 g/mol. The molecule has 2 aliphatic rings. The molecule has 4 rings (SSSR count). The molecule has 0 aromatic heterocycles. The van der Waals surface area contributed by atoms with Crippen molar-refractivity contribution in [3.05, 3.63) is 71.5 Å². The molecule has 1 heterocycles. The number of rotatable bonds is 5. The molecule has 0 N–H and O–H groups in total. The number of hydrogen-bond donors (Lipinski definition) is 0. The molecule has 4 nitrogen and oxygen atoms in total. The normalized spacial score (nSPS) is 26.9. The summed E-state index contributed by atoms with van der Waals surface area (Å²) in [6.45, 7) is 5.02. The van der Waals surface area contributed by atoms with E-state index in [1.807, 2.05) is 35.2 Å². The largest absolute Gasteiger partial charge is 0.328 e. The molecule has 2 aromatic carbocycles. The number of halogens is 1. The average Bonchev–Trinajstić information content (AvgIpc) is 2.77. The van der Waals surface area contributed by atoms with E-state index in [0.29, 0.717) is 30.4 Å². The summed E-state index contributed by atoms with van der Waals surface area (Å²) in [5, 5.41) is 0. The minimum atomic E-state index is -0.699. The van der Waals surface area contributed by atoms with Crippen LogP contribution < -0.4 is 0 Å². The number of hydrogen-bond acceptors (Lipinski definition) is 2. The Kier molecular flexibility index (Phi) is 6.40. The number of carbonyl (C=O) groups is 2. The van der Waals surface area contributed by atoms with Crippen molar-refractivity contribution in [3.8, 4) is 0 Å². The van der Waals surface area contributed by atoms with E-state index >= 15 is 0 Å². The van der Waals surface area contributed by atoms with E-state index in [0.717, 1.165) is 24.8 Å². The molecule has 2 aromatic rings. The zero-order chi connectivity index (χ0) is 22.0. The van der Waals surface area contributed by atoms with Crippen LogP contribution in [0.3, 0.4) is 0 Å². The Balaban J connectivity index is 1.63. The molecule has 0 radical (unpaired) electrons. The van der Waals surface area contributed by atoms with Gasteiger partial charge < -0.3 is 9.80 Å². The Labute approximate surface area is 184 Å². The van der Waals surface area contributed by atoms with Gasteiger partial charge in [0, 0.05) is 12.6 Å². The van der Waals surface area contributed by atoms with E-state index in [2.05, 4.69) is 13.8 Å². The molecule has 1 aliphatic carbocycles. The zero-order valence-corrected chi connectivity index (χ0v) is 18.3. The molecule has 31 heavy (non-hydrogen) atoms. The predicted molar refractivity (Wildman–Crippen MR) is 119 cm³/mol. The second kappa shape index (κ2) is 9.21. The van der Waals surface area contributed by atoms with Crippen LogP contribution in [0, 0.1) is 17.7 Å². The molecule has 1 saturated heterocycles. The minimum Gasteiger partial charge on any atom is -0.328 e. The van der Waals surface area contributed by atoms with Gasteiger partial charge in [0.25, 0.3) is 5.91 Å². The first-order valence-electron chi connectivity index (χ1n) is 11.3. The van der Waals surface area contributed by atoms with Crippen LogP contribution in [0.5, 0.6) is 0 Å². The second-order valence-corrected chi connectivity index (χ2v) is 9.08. The molecule has 0 bridgehead atoms. The van der Waals surface area contributed by atoms with Gasteiger partial charge in [-0.05, 0) is 47.9 Å². The summed E-state index contributed by atoms with van der Waals surface area (Å²) < 4.78 is 13.6. The Morgan fingerprint density at radius 2 is 1.68 bits per heavy atom. The Hall–Kier alpha value is -2.69. The van der Waals surface area contributed by atoms with E-state index in [1.165, 1.54) is 12.1 Å². The zero-order valence-electron chi connectivity index (χ0n) is 18.3. The van der Waals surface area contributed by atoms with E-state index in [1.54, 1.807) is 17.0 Å². The van der Waals surface area contributed by atoms with Gasteiger partial charge in [0.2, 0.25) is 5.91 Å². The van der Waals surface area contributed by atoms with Gasteiger partial charge >= 0.3 is 0 Å². The van der Waals surface area contributed by atoms with Gasteiger partial charge in [-0.15, -0.1) is 0 Å². The molecule has 1 aliphatic heterocycles. The third-order valence-corrected chi connectivity index (χ3v) is 7.19. The predicted octanol–water partition coefficient (Wildman–Crippen LogP) is 4.61. The first-order valence-corrected chi connectivity index (χ1v) is 11.3. The molecule has 1 saturated carbocycles. The lowest BCUT2D eigenvalue weighted by Crippen LogP contribution is -2.60. The summed E-state index contributed by atoms with van der Waals surface area (Å²) in [5.41, 5.74) is 1.80. The smallest absolute Gasteiger partial charge is 0.250 e. The highest BCUT2D eigenvalue weighted by Gasteiger charge is 2.44. The highest BCUT2D eigenvalue weighted by Crippen LogP contribution is 2.37. The van der Waals surface area contributed by atoms with Gasteiger partial charge in [-0.1, -0.05) is 69.2 Å². The molecule has 2 amide bonds. The fourth-order valence-electron chi connectivity index (χ4n) is 5.14. The number of benzene rings is 2.